The van der Waals surface area contributed by atoms with Gasteiger partial charge in [0.2, 0.25) is 0 Å². The second-order valence-corrected chi connectivity index (χ2v) is 13.0. The summed E-state index contributed by atoms with van der Waals surface area (Å²) in [6.07, 6.45) is 27.3. The Kier molecular flexibility index (Phi) is 17.2. The Balaban J connectivity index is 1.66. The minimum Gasteiger partial charge on any atom is -0.339 e. The third-order valence-corrected chi connectivity index (χ3v) is 8.28. The minimum absolute atomic E-state index is 0.216. The zero-order valence-electron chi connectivity index (χ0n) is 25.7. The lowest BCUT2D eigenvalue weighted by molar-refractivity contribution is -0.171. The van der Waals surface area contributed by atoms with Crippen LogP contribution in [-0.2, 0) is 30.2 Å². The Bertz CT molecular complexity index is 1060. The second-order valence-electron chi connectivity index (χ2n) is 11.4. The van der Waals surface area contributed by atoms with E-state index in [-0.39, 0.29) is 18.0 Å². The lowest BCUT2D eigenvalue weighted by Gasteiger charge is -2.27. The molecular formula is C35H53FO5S. The van der Waals surface area contributed by atoms with Crippen LogP contribution in [0.15, 0.2) is 62.2 Å². The standard InChI is InChI=1S/C35H53FO5S/c1-5-22-31-29-32(36)25-24-30(31)23-21-27-35(40-33(6-2)34(7-3)41-35)26-19-17-15-13-11-9-8-10-12-14-16-18-20-28-39-42(4,37)38/h5-7,21,23-25,29,33-34H,1-3,8-20,22,26-28H2,4H3/b23-21+/t33-,34-/m1/s1. The van der Waals surface area contributed by atoms with Crippen molar-refractivity contribution in [3.05, 3.63) is 79.2 Å². The van der Waals surface area contributed by atoms with E-state index >= 15 is 0 Å². The minimum atomic E-state index is -3.30. The van der Waals surface area contributed by atoms with Crippen LogP contribution in [0.3, 0.4) is 0 Å². The van der Waals surface area contributed by atoms with E-state index in [1.165, 1.54) is 57.4 Å². The van der Waals surface area contributed by atoms with Gasteiger partial charge >= 0.3 is 0 Å². The lowest BCUT2D eigenvalue weighted by Crippen LogP contribution is -2.30. The van der Waals surface area contributed by atoms with E-state index in [2.05, 4.69) is 25.8 Å². The van der Waals surface area contributed by atoms with Crippen molar-refractivity contribution in [3.8, 4) is 0 Å². The van der Waals surface area contributed by atoms with E-state index in [4.69, 9.17) is 13.7 Å². The van der Waals surface area contributed by atoms with Crippen LogP contribution in [-0.4, -0.2) is 39.3 Å². The molecule has 0 unspecified atom stereocenters. The quantitative estimate of drug-likeness (QED) is 0.0669. The van der Waals surface area contributed by atoms with Gasteiger partial charge in [-0.05, 0) is 42.5 Å². The molecule has 236 valence electrons. The van der Waals surface area contributed by atoms with Gasteiger partial charge in [-0.2, -0.15) is 8.42 Å². The van der Waals surface area contributed by atoms with Crippen molar-refractivity contribution >= 4 is 16.2 Å². The predicted molar refractivity (Wildman–Crippen MR) is 172 cm³/mol. The molecule has 0 bridgehead atoms. The van der Waals surface area contributed by atoms with E-state index < -0.39 is 15.9 Å². The summed E-state index contributed by atoms with van der Waals surface area (Å²) < 4.78 is 53.2. The van der Waals surface area contributed by atoms with Crippen molar-refractivity contribution in [2.75, 3.05) is 12.9 Å². The van der Waals surface area contributed by atoms with E-state index in [0.29, 0.717) is 19.4 Å². The summed E-state index contributed by atoms with van der Waals surface area (Å²) in [5.41, 5.74) is 1.88. The number of rotatable bonds is 24. The average molecular weight is 605 g/mol. The zero-order valence-corrected chi connectivity index (χ0v) is 26.6. The summed E-state index contributed by atoms with van der Waals surface area (Å²) in [6, 6.07) is 4.85. The maximum Gasteiger partial charge on any atom is 0.264 e. The van der Waals surface area contributed by atoms with Crippen LogP contribution in [0.2, 0.25) is 0 Å². The number of ether oxygens (including phenoxy) is 2. The second kappa shape index (κ2) is 20.0. The lowest BCUT2D eigenvalue weighted by atomic mass is 9.99. The molecule has 0 amide bonds. The van der Waals surface area contributed by atoms with Crippen LogP contribution in [0.25, 0.3) is 6.08 Å². The first kappa shape index (κ1) is 36.1. The summed E-state index contributed by atoms with van der Waals surface area (Å²) in [4.78, 5) is 0. The van der Waals surface area contributed by atoms with Crippen LogP contribution in [0, 0.1) is 5.82 Å². The molecular weight excluding hydrogens is 551 g/mol. The molecule has 0 radical (unpaired) electrons. The normalized spacial score (nSPS) is 18.4. The number of hydrogen-bond acceptors (Lipinski definition) is 5. The molecule has 2 atom stereocenters. The summed E-state index contributed by atoms with van der Waals surface area (Å²) in [5.74, 6) is -0.956. The van der Waals surface area contributed by atoms with Gasteiger partial charge in [-0.1, -0.05) is 107 Å². The van der Waals surface area contributed by atoms with Crippen molar-refractivity contribution in [1.82, 2.24) is 0 Å². The van der Waals surface area contributed by atoms with Gasteiger partial charge in [0, 0.05) is 12.8 Å². The smallest absolute Gasteiger partial charge is 0.264 e. The Morgan fingerprint density at radius 2 is 1.38 bits per heavy atom. The monoisotopic (exact) mass is 604 g/mol. The topological polar surface area (TPSA) is 61.8 Å². The van der Waals surface area contributed by atoms with Gasteiger partial charge in [-0.15, -0.1) is 19.7 Å². The zero-order chi connectivity index (χ0) is 30.7. The van der Waals surface area contributed by atoms with Gasteiger partial charge in [0.15, 0.2) is 5.79 Å². The number of allylic oxidation sites excluding steroid dienone is 1. The van der Waals surface area contributed by atoms with Crippen molar-refractivity contribution in [1.29, 1.82) is 0 Å². The molecule has 0 aromatic heterocycles. The van der Waals surface area contributed by atoms with E-state index in [1.54, 1.807) is 30.4 Å². The molecule has 1 aromatic carbocycles. The van der Waals surface area contributed by atoms with Gasteiger partial charge in [0.25, 0.3) is 10.1 Å². The molecule has 1 saturated heterocycles. The summed E-state index contributed by atoms with van der Waals surface area (Å²) in [5, 5.41) is 0. The molecule has 1 heterocycles. The van der Waals surface area contributed by atoms with Crippen LogP contribution in [0.5, 0.6) is 0 Å². The molecule has 0 aliphatic carbocycles. The molecule has 7 heteroatoms. The van der Waals surface area contributed by atoms with Gasteiger partial charge in [-0.25, -0.2) is 4.39 Å². The number of halogens is 1. The van der Waals surface area contributed by atoms with E-state index in [9.17, 15) is 12.8 Å². The van der Waals surface area contributed by atoms with Gasteiger partial charge < -0.3 is 9.47 Å². The molecule has 0 spiro atoms. The Morgan fingerprint density at radius 3 is 1.88 bits per heavy atom. The average Bonchev–Trinajstić information content (AvgIpc) is 3.31. The van der Waals surface area contributed by atoms with Crippen molar-refractivity contribution in [2.24, 2.45) is 0 Å². The highest BCUT2D eigenvalue weighted by Gasteiger charge is 2.44. The molecule has 2 rings (SSSR count). The van der Waals surface area contributed by atoms with Crippen molar-refractivity contribution in [3.63, 3.8) is 0 Å². The molecule has 1 aliphatic heterocycles. The maximum absolute atomic E-state index is 13.7. The Labute approximate surface area is 255 Å². The van der Waals surface area contributed by atoms with Crippen molar-refractivity contribution in [2.45, 2.75) is 121 Å². The van der Waals surface area contributed by atoms with Crippen molar-refractivity contribution < 1.29 is 26.5 Å². The summed E-state index contributed by atoms with van der Waals surface area (Å²) in [6.45, 7) is 11.9. The number of benzene rings is 1. The first-order valence-electron chi connectivity index (χ1n) is 15.7. The fourth-order valence-corrected chi connectivity index (χ4v) is 5.85. The molecule has 1 aliphatic rings. The fraction of sp³-hybridized carbons (Fsp3) is 0.600. The first-order valence-corrected chi connectivity index (χ1v) is 17.5. The molecule has 0 N–H and O–H groups in total. The van der Waals surface area contributed by atoms with Crippen LogP contribution in [0.1, 0.15) is 107 Å². The molecule has 42 heavy (non-hydrogen) atoms. The summed E-state index contributed by atoms with van der Waals surface area (Å²) in [7, 11) is -3.30. The highest BCUT2D eigenvalue weighted by Crippen LogP contribution is 2.38. The highest BCUT2D eigenvalue weighted by molar-refractivity contribution is 7.85. The van der Waals surface area contributed by atoms with E-state index in [1.807, 2.05) is 6.08 Å². The van der Waals surface area contributed by atoms with Crippen LogP contribution in [0.4, 0.5) is 4.39 Å². The van der Waals surface area contributed by atoms with Gasteiger partial charge in [-0.3, -0.25) is 4.18 Å². The molecule has 1 fully saturated rings. The largest absolute Gasteiger partial charge is 0.339 e. The first-order chi connectivity index (χ1) is 20.2. The molecule has 0 saturated carbocycles. The summed E-state index contributed by atoms with van der Waals surface area (Å²) >= 11 is 0. The third-order valence-electron chi connectivity index (χ3n) is 7.69. The van der Waals surface area contributed by atoms with Crippen LogP contribution >= 0.6 is 0 Å². The Morgan fingerprint density at radius 1 is 0.857 bits per heavy atom. The SMILES string of the molecule is C=CCc1cc(F)ccc1/C=C/CC1(CCCCCCCCCCCCCCCOS(C)(=O)=O)O[C@H](C=C)[C@@H](C=C)O1. The highest BCUT2D eigenvalue weighted by atomic mass is 32.2. The predicted octanol–water partition coefficient (Wildman–Crippen LogP) is 9.25. The third kappa shape index (κ3) is 14.4. The molecule has 1 aromatic rings. The molecule has 5 nitrogen and oxygen atoms in total. The maximum atomic E-state index is 13.7. The van der Waals surface area contributed by atoms with Gasteiger partial charge in [0.1, 0.15) is 18.0 Å². The number of unbranched alkanes of at least 4 members (excludes halogenated alkanes) is 12. The fourth-order valence-electron chi connectivity index (χ4n) is 5.42. The number of hydrogen-bond donors (Lipinski definition) is 0. The van der Waals surface area contributed by atoms with E-state index in [0.717, 1.165) is 55.9 Å². The van der Waals surface area contributed by atoms with Crippen LogP contribution < -0.4 is 0 Å². The Hall–Kier alpha value is -2.06. The van der Waals surface area contributed by atoms with Gasteiger partial charge in [0.05, 0.1) is 12.9 Å².